The van der Waals surface area contributed by atoms with Gasteiger partial charge >= 0.3 is 5.97 Å². The van der Waals surface area contributed by atoms with Crippen LogP contribution in [0.5, 0.6) is 0 Å². The van der Waals surface area contributed by atoms with Gasteiger partial charge in [-0.15, -0.1) is 0 Å². The summed E-state index contributed by atoms with van der Waals surface area (Å²) in [6.45, 7) is 6.24. The fourth-order valence-corrected chi connectivity index (χ4v) is 1.58. The lowest BCUT2D eigenvalue weighted by atomic mass is 10.0. The van der Waals surface area contributed by atoms with Crippen molar-refractivity contribution in [1.82, 2.24) is 0 Å². The molecule has 0 atom stereocenters. The summed E-state index contributed by atoms with van der Waals surface area (Å²) in [5.41, 5.74) is 3.48. The average molecular weight is 218 g/mol. The summed E-state index contributed by atoms with van der Waals surface area (Å²) in [5, 5.41) is 0. The van der Waals surface area contributed by atoms with Crippen molar-refractivity contribution >= 4 is 5.97 Å². The number of carbonyl (C=O) groups excluding carboxylic acids is 1. The lowest BCUT2D eigenvalue weighted by molar-refractivity contribution is -0.137. The highest BCUT2D eigenvalue weighted by Gasteiger charge is 2.00. The first kappa shape index (κ1) is 12.5. The van der Waals surface area contributed by atoms with E-state index in [-0.39, 0.29) is 5.97 Å². The normalized spacial score (nSPS) is 11.3. The van der Waals surface area contributed by atoms with E-state index in [9.17, 15) is 4.79 Å². The van der Waals surface area contributed by atoms with Crippen LogP contribution in [-0.4, -0.2) is 12.6 Å². The van der Waals surface area contributed by atoms with Crippen LogP contribution in [0.25, 0.3) is 0 Å². The standard InChI is InChI=1S/C14H18O2/c1-4-16-14(15)10-12(3)9-13-7-5-6-11(2)8-13/h5-8,10H,4,9H2,1-3H3/b12-10+. The lowest BCUT2D eigenvalue weighted by Crippen LogP contribution is -2.01. The van der Waals surface area contributed by atoms with Gasteiger partial charge in [0.05, 0.1) is 6.61 Å². The summed E-state index contributed by atoms with van der Waals surface area (Å²) in [6, 6.07) is 8.29. The molecule has 1 rings (SSSR count). The Morgan fingerprint density at radius 1 is 1.44 bits per heavy atom. The maximum atomic E-state index is 11.2. The quantitative estimate of drug-likeness (QED) is 0.573. The van der Waals surface area contributed by atoms with Crippen LogP contribution in [0, 0.1) is 6.92 Å². The van der Waals surface area contributed by atoms with Gasteiger partial charge in [0.1, 0.15) is 0 Å². The monoisotopic (exact) mass is 218 g/mol. The van der Waals surface area contributed by atoms with Crippen LogP contribution < -0.4 is 0 Å². The van der Waals surface area contributed by atoms with Gasteiger partial charge in [-0.3, -0.25) is 0 Å². The summed E-state index contributed by atoms with van der Waals surface area (Å²) in [4.78, 5) is 11.2. The molecule has 0 bridgehead atoms. The second kappa shape index (κ2) is 6.11. The Hall–Kier alpha value is -1.57. The topological polar surface area (TPSA) is 26.3 Å². The van der Waals surface area contributed by atoms with Gasteiger partial charge in [0, 0.05) is 6.08 Å². The summed E-state index contributed by atoms with van der Waals surface area (Å²) in [5.74, 6) is -0.257. The third-order valence-corrected chi connectivity index (χ3v) is 2.22. The van der Waals surface area contributed by atoms with Crippen molar-refractivity contribution in [2.24, 2.45) is 0 Å². The zero-order valence-electron chi connectivity index (χ0n) is 10.1. The van der Waals surface area contributed by atoms with Gasteiger partial charge in [-0.05, 0) is 32.8 Å². The van der Waals surface area contributed by atoms with E-state index in [4.69, 9.17) is 4.74 Å². The molecular formula is C14H18O2. The number of allylic oxidation sites excluding steroid dienone is 1. The average Bonchev–Trinajstić information content (AvgIpc) is 2.17. The maximum Gasteiger partial charge on any atom is 0.330 e. The molecule has 86 valence electrons. The predicted octanol–water partition coefficient (Wildman–Crippen LogP) is 3.05. The molecule has 0 aliphatic rings. The molecule has 0 radical (unpaired) electrons. The molecule has 0 N–H and O–H groups in total. The highest BCUT2D eigenvalue weighted by Crippen LogP contribution is 2.09. The number of carbonyl (C=O) groups is 1. The SMILES string of the molecule is CCOC(=O)/C=C(\C)Cc1cccc(C)c1. The molecule has 2 heteroatoms. The number of benzene rings is 1. The minimum absolute atomic E-state index is 0.257. The Labute approximate surface area is 96.9 Å². The molecule has 16 heavy (non-hydrogen) atoms. The Bertz CT molecular complexity index is 391. The first-order chi connectivity index (χ1) is 7.61. The first-order valence-corrected chi connectivity index (χ1v) is 5.51. The minimum atomic E-state index is -0.257. The molecule has 1 aromatic rings. The van der Waals surface area contributed by atoms with Crippen molar-refractivity contribution in [1.29, 1.82) is 0 Å². The Morgan fingerprint density at radius 3 is 2.81 bits per heavy atom. The van der Waals surface area contributed by atoms with Crippen molar-refractivity contribution in [2.45, 2.75) is 27.2 Å². The number of hydrogen-bond acceptors (Lipinski definition) is 2. The van der Waals surface area contributed by atoms with E-state index in [1.165, 1.54) is 11.1 Å². The van der Waals surface area contributed by atoms with Crippen molar-refractivity contribution in [3.8, 4) is 0 Å². The van der Waals surface area contributed by atoms with E-state index in [2.05, 4.69) is 25.1 Å². The summed E-state index contributed by atoms with van der Waals surface area (Å²) in [6.07, 6.45) is 2.35. The highest BCUT2D eigenvalue weighted by atomic mass is 16.5. The smallest absolute Gasteiger partial charge is 0.330 e. The van der Waals surface area contributed by atoms with Crippen LogP contribution in [0.2, 0.25) is 0 Å². The number of aryl methyl sites for hydroxylation is 1. The fourth-order valence-electron chi connectivity index (χ4n) is 1.58. The fraction of sp³-hybridized carbons (Fsp3) is 0.357. The van der Waals surface area contributed by atoms with Gasteiger partial charge in [0.2, 0.25) is 0 Å². The van der Waals surface area contributed by atoms with E-state index < -0.39 is 0 Å². The van der Waals surface area contributed by atoms with Crippen molar-refractivity contribution in [2.75, 3.05) is 6.61 Å². The zero-order chi connectivity index (χ0) is 12.0. The van der Waals surface area contributed by atoms with E-state index in [1.807, 2.05) is 19.9 Å². The Balaban J connectivity index is 2.63. The summed E-state index contributed by atoms with van der Waals surface area (Å²) >= 11 is 0. The molecule has 0 aromatic heterocycles. The molecule has 0 spiro atoms. The van der Waals surface area contributed by atoms with Gasteiger partial charge in [-0.25, -0.2) is 4.79 Å². The van der Waals surface area contributed by atoms with Gasteiger partial charge in [-0.1, -0.05) is 35.4 Å². The molecule has 0 amide bonds. The molecule has 2 nitrogen and oxygen atoms in total. The number of esters is 1. The van der Waals surface area contributed by atoms with Gasteiger partial charge in [0.15, 0.2) is 0 Å². The summed E-state index contributed by atoms with van der Waals surface area (Å²) in [7, 11) is 0. The predicted molar refractivity (Wildman–Crippen MR) is 65.3 cm³/mol. The third kappa shape index (κ3) is 4.30. The van der Waals surface area contributed by atoms with E-state index in [0.717, 1.165) is 12.0 Å². The molecule has 0 saturated heterocycles. The number of rotatable bonds is 4. The maximum absolute atomic E-state index is 11.2. The zero-order valence-corrected chi connectivity index (χ0v) is 10.1. The number of ether oxygens (including phenoxy) is 1. The second-order valence-electron chi connectivity index (χ2n) is 3.91. The van der Waals surface area contributed by atoms with Crippen molar-refractivity contribution < 1.29 is 9.53 Å². The van der Waals surface area contributed by atoms with Gasteiger partial charge < -0.3 is 4.74 Å². The second-order valence-corrected chi connectivity index (χ2v) is 3.91. The molecular weight excluding hydrogens is 200 g/mol. The first-order valence-electron chi connectivity index (χ1n) is 5.51. The molecule has 1 aromatic carbocycles. The van der Waals surface area contributed by atoms with E-state index >= 15 is 0 Å². The minimum Gasteiger partial charge on any atom is -0.463 e. The van der Waals surface area contributed by atoms with Crippen LogP contribution in [0.3, 0.4) is 0 Å². The largest absolute Gasteiger partial charge is 0.463 e. The number of hydrogen-bond donors (Lipinski definition) is 0. The van der Waals surface area contributed by atoms with Crippen LogP contribution >= 0.6 is 0 Å². The molecule has 0 heterocycles. The third-order valence-electron chi connectivity index (χ3n) is 2.22. The van der Waals surface area contributed by atoms with Gasteiger partial charge in [-0.2, -0.15) is 0 Å². The lowest BCUT2D eigenvalue weighted by Gasteiger charge is -2.03. The Kier molecular flexibility index (Phi) is 4.77. The van der Waals surface area contributed by atoms with Crippen LogP contribution in [0.4, 0.5) is 0 Å². The van der Waals surface area contributed by atoms with Gasteiger partial charge in [0.25, 0.3) is 0 Å². The Morgan fingerprint density at radius 2 is 2.19 bits per heavy atom. The van der Waals surface area contributed by atoms with E-state index in [1.54, 1.807) is 6.08 Å². The van der Waals surface area contributed by atoms with E-state index in [0.29, 0.717) is 6.61 Å². The molecule has 0 aliphatic heterocycles. The summed E-state index contributed by atoms with van der Waals surface area (Å²) < 4.78 is 4.86. The van der Waals surface area contributed by atoms with Crippen LogP contribution in [0.1, 0.15) is 25.0 Å². The molecule has 0 aliphatic carbocycles. The molecule has 0 fully saturated rings. The molecule has 0 unspecified atom stereocenters. The van der Waals surface area contributed by atoms with Crippen LogP contribution in [-0.2, 0) is 16.0 Å². The molecule has 0 saturated carbocycles. The van der Waals surface area contributed by atoms with Crippen molar-refractivity contribution in [3.05, 3.63) is 47.0 Å². The highest BCUT2D eigenvalue weighted by molar-refractivity contribution is 5.82. The van der Waals surface area contributed by atoms with Crippen molar-refractivity contribution in [3.63, 3.8) is 0 Å². The van der Waals surface area contributed by atoms with Crippen LogP contribution in [0.15, 0.2) is 35.9 Å².